The summed E-state index contributed by atoms with van der Waals surface area (Å²) in [5, 5.41) is 3.11. The van der Waals surface area contributed by atoms with Crippen molar-refractivity contribution in [2.45, 2.75) is 12.8 Å². The summed E-state index contributed by atoms with van der Waals surface area (Å²) in [5.41, 5.74) is 16.9. The number of nitrogens with zero attached hydrogens (tertiary/aromatic N) is 1. The molecule has 4 nitrogen and oxygen atoms in total. The molecule has 0 spiro atoms. The molecule has 3 N–H and O–H groups in total. The summed E-state index contributed by atoms with van der Waals surface area (Å²) in [5.74, 6) is -0.181. The average Bonchev–Trinajstić information content (AvgIpc) is 3.09. The second kappa shape index (κ2) is 13.2. The fourth-order valence-electron chi connectivity index (χ4n) is 5.76. The molecule has 1 atom stereocenters. The van der Waals surface area contributed by atoms with Gasteiger partial charge in [-0.15, -0.1) is 0 Å². The number of nitrogens with two attached hydrogens (primary N) is 1. The molecule has 7 rings (SSSR count). The van der Waals surface area contributed by atoms with Crippen LogP contribution < -0.4 is 16.0 Å². The minimum atomic E-state index is -0.171. The molecule has 6 aromatic carbocycles. The second-order valence-electron chi connectivity index (χ2n) is 11.0. The van der Waals surface area contributed by atoms with Crippen LogP contribution in [0.15, 0.2) is 170 Å². The summed E-state index contributed by atoms with van der Waals surface area (Å²) in [7, 11) is 0. The summed E-state index contributed by atoms with van der Waals surface area (Å²) >= 11 is 0. The van der Waals surface area contributed by atoms with Crippen LogP contribution >= 0.6 is 0 Å². The van der Waals surface area contributed by atoms with Crippen LogP contribution in [0.4, 0.5) is 28.4 Å². The molecule has 0 fully saturated rings. The van der Waals surface area contributed by atoms with Crippen molar-refractivity contribution in [2.75, 3.05) is 16.0 Å². The van der Waals surface area contributed by atoms with Gasteiger partial charge in [-0.25, -0.2) is 0 Å². The van der Waals surface area contributed by atoms with E-state index < -0.39 is 0 Å². The maximum Gasteiger partial charge on any atom is 0.250 e. The van der Waals surface area contributed by atoms with Gasteiger partial charge in [0.05, 0.1) is 11.4 Å². The molecule has 0 radical (unpaired) electrons. The Labute approximate surface area is 265 Å². The lowest BCUT2D eigenvalue weighted by Crippen LogP contribution is -2.24. The van der Waals surface area contributed by atoms with Crippen molar-refractivity contribution in [3.05, 3.63) is 187 Å². The van der Waals surface area contributed by atoms with Gasteiger partial charge in [0.1, 0.15) is 0 Å². The third-order valence-corrected chi connectivity index (χ3v) is 7.90. The lowest BCUT2D eigenvalue weighted by Gasteiger charge is -2.39. The van der Waals surface area contributed by atoms with Crippen LogP contribution in [0.1, 0.15) is 29.5 Å². The Hall–Kier alpha value is -5.87. The number of hydrogen-bond donors (Lipinski definition) is 2. The number of amides is 1. The third kappa shape index (κ3) is 6.27. The number of fused-ring (bicyclic) bond motifs is 2. The van der Waals surface area contributed by atoms with Gasteiger partial charge >= 0.3 is 0 Å². The molecule has 0 aliphatic carbocycles. The zero-order valence-corrected chi connectivity index (χ0v) is 25.2. The van der Waals surface area contributed by atoms with E-state index in [0.717, 1.165) is 34.0 Å². The highest BCUT2D eigenvalue weighted by atomic mass is 16.1. The Morgan fingerprint density at radius 3 is 1.87 bits per heavy atom. The normalized spacial score (nSPS) is 13.0. The smallest absolute Gasteiger partial charge is 0.250 e. The molecule has 4 heteroatoms. The van der Waals surface area contributed by atoms with Gasteiger partial charge in [0, 0.05) is 34.1 Å². The molecule has 45 heavy (non-hydrogen) atoms. The highest BCUT2D eigenvalue weighted by molar-refractivity contribution is 6.04. The van der Waals surface area contributed by atoms with E-state index >= 15 is 0 Å². The van der Waals surface area contributed by atoms with Crippen molar-refractivity contribution >= 4 is 34.3 Å². The zero-order chi connectivity index (χ0) is 31.2. The summed E-state index contributed by atoms with van der Waals surface area (Å²) < 4.78 is 0. The lowest BCUT2D eigenvalue weighted by molar-refractivity contribution is -0.112. The first-order valence-corrected chi connectivity index (χ1v) is 15.0. The van der Waals surface area contributed by atoms with Gasteiger partial charge in [0.2, 0.25) is 0 Å². The molecule has 0 saturated carbocycles. The Kier molecular flexibility index (Phi) is 8.56. The number of para-hydroxylation sites is 2. The molecule has 1 heterocycles. The summed E-state index contributed by atoms with van der Waals surface area (Å²) in [6, 6.07) is 53.6. The summed E-state index contributed by atoms with van der Waals surface area (Å²) in [6.45, 7) is 5.54. The number of nitrogen functional groups attached to an aromatic ring is 1. The number of carbonyl (C=O) groups excluding carboxylic acids is 1. The van der Waals surface area contributed by atoms with Crippen molar-refractivity contribution < 1.29 is 4.79 Å². The van der Waals surface area contributed by atoms with E-state index in [1.807, 2.05) is 78.9 Å². The van der Waals surface area contributed by atoms with Crippen molar-refractivity contribution in [3.63, 3.8) is 0 Å². The molecule has 1 amide bonds. The van der Waals surface area contributed by atoms with Crippen LogP contribution in [0.3, 0.4) is 0 Å². The number of hydrogen-bond acceptors (Lipinski definition) is 3. The Morgan fingerprint density at radius 1 is 0.644 bits per heavy atom. The largest absolute Gasteiger partial charge is 0.399 e. The fraction of sp³-hybridized carbons (Fsp3) is 0.0488. The second-order valence-corrected chi connectivity index (χ2v) is 11.0. The first-order chi connectivity index (χ1) is 22.0. The molecule has 0 saturated heterocycles. The van der Waals surface area contributed by atoms with Gasteiger partial charge in [-0.05, 0) is 71.6 Å². The number of benzene rings is 6. The minimum absolute atomic E-state index is 0.0102. The first-order valence-electron chi connectivity index (χ1n) is 15.0. The lowest BCUT2D eigenvalue weighted by atomic mass is 9.79. The van der Waals surface area contributed by atoms with Crippen LogP contribution in [-0.2, 0) is 4.79 Å². The summed E-state index contributed by atoms with van der Waals surface area (Å²) in [4.78, 5) is 14.9. The van der Waals surface area contributed by atoms with E-state index in [2.05, 4.69) is 95.7 Å². The van der Waals surface area contributed by atoms with Crippen LogP contribution in [-0.4, -0.2) is 5.91 Å². The maximum atomic E-state index is 12.6. The molecule has 0 bridgehead atoms. The Balaban J connectivity index is 0.000000229. The number of anilines is 5. The standard InChI is InChI=1S/C29H24N2O.C12H11N/c1-20(2)29(32)30-24-17-11-19-26-28(24)27(21-12-5-3-6-13-21)23-16-9-10-18-25(23)31(26)22-14-7-4-8-15-22;13-12-8-6-11(7-9-12)10-4-2-1-3-5-10/h3-19,27H,1H2,2H3,(H,30,32);1-9H,13H2. The van der Waals surface area contributed by atoms with Crippen LogP contribution in [0.5, 0.6) is 0 Å². The average molecular weight is 586 g/mol. The monoisotopic (exact) mass is 585 g/mol. The van der Waals surface area contributed by atoms with Crippen molar-refractivity contribution in [3.8, 4) is 11.1 Å². The Bertz CT molecular complexity index is 1920. The molecular formula is C41H35N3O. The SMILES string of the molecule is C=C(C)C(=O)Nc1cccc2c1C(c1ccccc1)c1ccccc1N2c1ccccc1.Nc1ccc(-c2ccccc2)cc1. The van der Waals surface area contributed by atoms with Crippen molar-refractivity contribution in [2.24, 2.45) is 0 Å². The third-order valence-electron chi connectivity index (χ3n) is 7.90. The molecule has 220 valence electrons. The molecule has 1 aliphatic heterocycles. The highest BCUT2D eigenvalue weighted by Gasteiger charge is 2.34. The van der Waals surface area contributed by atoms with Gasteiger partial charge in [-0.3, -0.25) is 4.79 Å². The van der Waals surface area contributed by atoms with E-state index in [1.165, 1.54) is 22.3 Å². The molecule has 1 aliphatic rings. The van der Waals surface area contributed by atoms with Gasteiger partial charge < -0.3 is 16.0 Å². The van der Waals surface area contributed by atoms with E-state index in [9.17, 15) is 4.79 Å². The fourth-order valence-corrected chi connectivity index (χ4v) is 5.76. The predicted molar refractivity (Wildman–Crippen MR) is 188 cm³/mol. The van der Waals surface area contributed by atoms with Crippen molar-refractivity contribution in [1.29, 1.82) is 0 Å². The molecule has 0 aromatic heterocycles. The Morgan fingerprint density at radius 2 is 1.20 bits per heavy atom. The van der Waals surface area contributed by atoms with E-state index in [0.29, 0.717) is 5.57 Å². The minimum Gasteiger partial charge on any atom is -0.399 e. The first kappa shape index (κ1) is 29.2. The maximum absolute atomic E-state index is 12.6. The number of rotatable bonds is 5. The zero-order valence-electron chi connectivity index (χ0n) is 25.2. The molecule has 6 aromatic rings. The molecule has 1 unspecified atom stereocenters. The topological polar surface area (TPSA) is 58.4 Å². The van der Waals surface area contributed by atoms with Crippen LogP contribution in [0, 0.1) is 0 Å². The number of nitrogens with one attached hydrogen (secondary N) is 1. The van der Waals surface area contributed by atoms with E-state index in [-0.39, 0.29) is 11.8 Å². The van der Waals surface area contributed by atoms with E-state index in [1.54, 1.807) is 6.92 Å². The van der Waals surface area contributed by atoms with Crippen LogP contribution in [0.25, 0.3) is 11.1 Å². The quantitative estimate of drug-likeness (QED) is 0.156. The van der Waals surface area contributed by atoms with Gasteiger partial charge in [-0.1, -0.05) is 122 Å². The summed E-state index contributed by atoms with van der Waals surface area (Å²) in [6.07, 6.45) is 0. The van der Waals surface area contributed by atoms with Crippen molar-refractivity contribution in [1.82, 2.24) is 0 Å². The number of carbonyl (C=O) groups is 1. The van der Waals surface area contributed by atoms with Gasteiger partial charge in [0.15, 0.2) is 0 Å². The van der Waals surface area contributed by atoms with Gasteiger partial charge in [0.25, 0.3) is 5.91 Å². The molecular weight excluding hydrogens is 550 g/mol. The van der Waals surface area contributed by atoms with E-state index in [4.69, 9.17) is 5.73 Å². The van der Waals surface area contributed by atoms with Gasteiger partial charge in [-0.2, -0.15) is 0 Å². The highest BCUT2D eigenvalue weighted by Crippen LogP contribution is 2.53. The predicted octanol–water partition coefficient (Wildman–Crippen LogP) is 10.1. The van der Waals surface area contributed by atoms with Crippen LogP contribution in [0.2, 0.25) is 0 Å².